The van der Waals surface area contributed by atoms with Gasteiger partial charge in [-0.2, -0.15) is 0 Å². The van der Waals surface area contributed by atoms with Gasteiger partial charge in [0.1, 0.15) is 17.6 Å². The van der Waals surface area contributed by atoms with Crippen molar-refractivity contribution in [3.63, 3.8) is 0 Å². The van der Waals surface area contributed by atoms with E-state index in [0.29, 0.717) is 5.92 Å². The van der Waals surface area contributed by atoms with Gasteiger partial charge >= 0.3 is 0 Å². The molecular formula is C18H18O2. The van der Waals surface area contributed by atoms with Crippen molar-refractivity contribution in [3.05, 3.63) is 71.8 Å². The lowest BCUT2D eigenvalue weighted by Crippen LogP contribution is -2.06. The Morgan fingerprint density at radius 3 is 2.65 bits per heavy atom. The van der Waals surface area contributed by atoms with Crippen LogP contribution in [0.2, 0.25) is 0 Å². The minimum Gasteiger partial charge on any atom is -0.508 e. The van der Waals surface area contributed by atoms with E-state index >= 15 is 0 Å². The first-order chi connectivity index (χ1) is 9.69. The lowest BCUT2D eigenvalue weighted by atomic mass is 9.91. The number of rotatable bonds is 3. The average Bonchev–Trinajstić information content (AvgIpc) is 2.78. The average molecular weight is 266 g/mol. The van der Waals surface area contributed by atoms with E-state index in [9.17, 15) is 5.11 Å². The van der Waals surface area contributed by atoms with Crippen molar-refractivity contribution in [3.8, 4) is 11.5 Å². The van der Waals surface area contributed by atoms with Crippen LogP contribution in [0.5, 0.6) is 11.5 Å². The molecule has 0 spiro atoms. The van der Waals surface area contributed by atoms with E-state index in [1.807, 2.05) is 24.3 Å². The highest BCUT2D eigenvalue weighted by Crippen LogP contribution is 2.46. The molecule has 2 atom stereocenters. The van der Waals surface area contributed by atoms with E-state index in [1.54, 1.807) is 12.1 Å². The zero-order chi connectivity index (χ0) is 14.1. The van der Waals surface area contributed by atoms with Crippen LogP contribution in [0.3, 0.4) is 0 Å². The molecule has 1 N–H and O–H groups in total. The molecule has 2 aromatic carbocycles. The summed E-state index contributed by atoms with van der Waals surface area (Å²) < 4.78 is 6.07. The molecule has 2 heteroatoms. The summed E-state index contributed by atoms with van der Waals surface area (Å²) in [6.07, 6.45) is 2.81. The maximum atomic E-state index is 9.38. The minimum atomic E-state index is 0.0181. The summed E-state index contributed by atoms with van der Waals surface area (Å²) >= 11 is 0. The molecule has 0 saturated heterocycles. The number of phenols is 1. The molecule has 102 valence electrons. The molecular weight excluding hydrogens is 248 g/mol. The number of phenolic OH excluding ortho intramolecular Hbond substituents is 1. The Hall–Kier alpha value is -2.22. The van der Waals surface area contributed by atoms with Crippen molar-refractivity contribution < 1.29 is 9.84 Å². The van der Waals surface area contributed by atoms with Gasteiger partial charge in [-0.1, -0.05) is 37.3 Å². The van der Waals surface area contributed by atoms with Gasteiger partial charge < -0.3 is 9.84 Å². The number of ether oxygens (including phenoxy) is 1. The van der Waals surface area contributed by atoms with Crippen LogP contribution in [0.1, 0.15) is 35.6 Å². The fourth-order valence-corrected chi connectivity index (χ4v) is 2.78. The second-order valence-electron chi connectivity index (χ2n) is 5.28. The molecule has 2 nitrogen and oxygen atoms in total. The highest BCUT2D eigenvalue weighted by molar-refractivity contribution is 5.46. The predicted octanol–water partition coefficient (Wildman–Crippen LogP) is 4.36. The summed E-state index contributed by atoms with van der Waals surface area (Å²) in [5, 5.41) is 9.38. The summed E-state index contributed by atoms with van der Waals surface area (Å²) in [6.45, 7) is 5.97. The van der Waals surface area contributed by atoms with Crippen molar-refractivity contribution in [1.82, 2.24) is 0 Å². The van der Waals surface area contributed by atoms with Gasteiger partial charge in [-0.3, -0.25) is 0 Å². The van der Waals surface area contributed by atoms with Gasteiger partial charge in [0.15, 0.2) is 0 Å². The first kappa shape index (κ1) is 12.8. The molecule has 0 amide bonds. The van der Waals surface area contributed by atoms with E-state index in [4.69, 9.17) is 4.74 Å². The molecule has 2 unspecified atom stereocenters. The molecule has 3 rings (SSSR count). The normalized spacial score (nSPS) is 20.2. The van der Waals surface area contributed by atoms with E-state index in [2.05, 4.69) is 25.6 Å². The Morgan fingerprint density at radius 2 is 1.95 bits per heavy atom. The first-order valence-corrected chi connectivity index (χ1v) is 6.88. The van der Waals surface area contributed by atoms with E-state index in [0.717, 1.165) is 17.7 Å². The summed E-state index contributed by atoms with van der Waals surface area (Å²) in [6, 6.07) is 13.6. The van der Waals surface area contributed by atoms with E-state index in [-0.39, 0.29) is 11.9 Å². The number of aromatic hydroxyl groups is 1. The third-order valence-electron chi connectivity index (χ3n) is 3.87. The van der Waals surface area contributed by atoms with Gasteiger partial charge in [0, 0.05) is 11.5 Å². The quantitative estimate of drug-likeness (QED) is 0.836. The standard InChI is InChI=1S/C18H18O2/c1-3-4-13-5-10-17-16(11-13)12(2)18(20-17)14-6-8-15(19)9-7-14/h3,5-12,18-19H,1,4H2,2H3. The van der Waals surface area contributed by atoms with Crippen LogP contribution < -0.4 is 4.74 Å². The van der Waals surface area contributed by atoms with Gasteiger partial charge in [0.05, 0.1) is 0 Å². The van der Waals surface area contributed by atoms with Crippen LogP contribution in [0.25, 0.3) is 0 Å². The molecule has 0 aromatic heterocycles. The molecule has 0 aliphatic carbocycles. The van der Waals surface area contributed by atoms with Crippen LogP contribution in [-0.4, -0.2) is 5.11 Å². The molecule has 1 heterocycles. The number of allylic oxidation sites excluding steroid dienone is 1. The van der Waals surface area contributed by atoms with Gasteiger partial charge in [0.25, 0.3) is 0 Å². The molecule has 1 aliphatic heterocycles. The zero-order valence-corrected chi connectivity index (χ0v) is 11.5. The highest BCUT2D eigenvalue weighted by Gasteiger charge is 2.32. The molecule has 0 fully saturated rings. The summed E-state index contributed by atoms with van der Waals surface area (Å²) in [5.74, 6) is 1.55. The third kappa shape index (κ3) is 2.18. The Kier molecular flexibility index (Phi) is 3.23. The van der Waals surface area contributed by atoms with E-state index < -0.39 is 0 Å². The number of fused-ring (bicyclic) bond motifs is 1. The molecule has 0 saturated carbocycles. The van der Waals surface area contributed by atoms with Gasteiger partial charge in [-0.05, 0) is 35.7 Å². The Bertz CT molecular complexity index is 628. The number of hydrogen-bond donors (Lipinski definition) is 1. The minimum absolute atomic E-state index is 0.0181. The largest absolute Gasteiger partial charge is 0.508 e. The summed E-state index contributed by atoms with van der Waals surface area (Å²) in [5.41, 5.74) is 3.61. The Morgan fingerprint density at radius 1 is 1.20 bits per heavy atom. The zero-order valence-electron chi connectivity index (χ0n) is 11.5. The molecule has 0 bridgehead atoms. The second-order valence-corrected chi connectivity index (χ2v) is 5.28. The van der Waals surface area contributed by atoms with Crippen LogP contribution >= 0.6 is 0 Å². The fraction of sp³-hybridized carbons (Fsp3) is 0.222. The molecule has 2 aromatic rings. The van der Waals surface area contributed by atoms with Crippen LogP contribution in [-0.2, 0) is 6.42 Å². The van der Waals surface area contributed by atoms with Gasteiger partial charge in [-0.15, -0.1) is 6.58 Å². The topological polar surface area (TPSA) is 29.5 Å². The van der Waals surface area contributed by atoms with Crippen molar-refractivity contribution >= 4 is 0 Å². The molecule has 1 aliphatic rings. The van der Waals surface area contributed by atoms with Gasteiger partial charge in [0.2, 0.25) is 0 Å². The van der Waals surface area contributed by atoms with Crippen molar-refractivity contribution in [1.29, 1.82) is 0 Å². The van der Waals surface area contributed by atoms with Crippen molar-refractivity contribution in [2.24, 2.45) is 0 Å². The maximum absolute atomic E-state index is 9.38. The first-order valence-electron chi connectivity index (χ1n) is 6.88. The van der Waals surface area contributed by atoms with Crippen LogP contribution in [0.15, 0.2) is 55.1 Å². The smallest absolute Gasteiger partial charge is 0.130 e. The monoisotopic (exact) mass is 266 g/mol. The summed E-state index contributed by atoms with van der Waals surface area (Å²) in [7, 11) is 0. The number of hydrogen-bond acceptors (Lipinski definition) is 2. The lowest BCUT2D eigenvalue weighted by molar-refractivity contribution is 0.216. The maximum Gasteiger partial charge on any atom is 0.130 e. The predicted molar refractivity (Wildman–Crippen MR) is 80.2 cm³/mol. The van der Waals surface area contributed by atoms with Crippen LogP contribution in [0.4, 0.5) is 0 Å². The van der Waals surface area contributed by atoms with E-state index in [1.165, 1.54) is 11.1 Å². The Balaban J connectivity index is 1.91. The highest BCUT2D eigenvalue weighted by atomic mass is 16.5. The molecule has 0 radical (unpaired) electrons. The second kappa shape index (κ2) is 5.04. The van der Waals surface area contributed by atoms with Gasteiger partial charge in [-0.25, -0.2) is 0 Å². The third-order valence-corrected chi connectivity index (χ3v) is 3.87. The lowest BCUT2D eigenvalue weighted by Gasteiger charge is -2.15. The SMILES string of the molecule is C=CCc1ccc2c(c1)C(C)C(c1ccc(O)cc1)O2. The molecule has 20 heavy (non-hydrogen) atoms. The number of benzene rings is 2. The fourth-order valence-electron chi connectivity index (χ4n) is 2.78. The van der Waals surface area contributed by atoms with Crippen LogP contribution in [0, 0.1) is 0 Å². The summed E-state index contributed by atoms with van der Waals surface area (Å²) in [4.78, 5) is 0. The Labute approximate surface area is 119 Å². The van der Waals surface area contributed by atoms with Crippen molar-refractivity contribution in [2.75, 3.05) is 0 Å². The van der Waals surface area contributed by atoms with Crippen molar-refractivity contribution in [2.45, 2.75) is 25.4 Å².